The Morgan fingerprint density at radius 2 is 1.71 bits per heavy atom. The Morgan fingerprint density at radius 3 is 2.00 bits per heavy atom. The number of hydrogen-bond acceptors (Lipinski definition) is 3. The highest BCUT2D eigenvalue weighted by Crippen LogP contribution is 2.32. The molecule has 80 valence electrons. The number of likely N-dealkylation sites (N-methyl/N-ethyl adjacent to an activating group) is 1. The van der Waals surface area contributed by atoms with Crippen LogP contribution in [0, 0.1) is 0 Å². The van der Waals surface area contributed by atoms with E-state index in [2.05, 4.69) is 0 Å². The molecule has 4 nitrogen and oxygen atoms in total. The van der Waals surface area contributed by atoms with Crippen LogP contribution < -0.4 is 0 Å². The van der Waals surface area contributed by atoms with E-state index >= 15 is 0 Å². The van der Waals surface area contributed by atoms with Crippen LogP contribution in [0.15, 0.2) is 0 Å². The van der Waals surface area contributed by atoms with Gasteiger partial charge in [-0.2, -0.15) is 0 Å². The van der Waals surface area contributed by atoms with Gasteiger partial charge >= 0.3 is 6.09 Å². The van der Waals surface area contributed by atoms with Gasteiger partial charge < -0.3 is 4.74 Å². The zero-order chi connectivity index (χ0) is 10.8. The number of nitrogens with zero attached hydrogens (tertiary/aromatic N) is 1. The van der Waals surface area contributed by atoms with Gasteiger partial charge in [0, 0.05) is 7.05 Å². The highest BCUT2D eigenvalue weighted by Gasteiger charge is 2.50. The molecule has 0 aromatic heterocycles. The monoisotopic (exact) mass is 199 g/mol. The molecule has 1 saturated heterocycles. The largest absolute Gasteiger partial charge is 0.432 e. The van der Waals surface area contributed by atoms with Crippen molar-refractivity contribution in [3.8, 4) is 0 Å². The number of rotatable bonds is 4. The number of amides is 2. The SMILES string of the molecule is CCCC1(CCC)OC(=O)N(C)C1=O. The topological polar surface area (TPSA) is 46.6 Å². The Balaban J connectivity index is 2.88. The fraction of sp³-hybridized carbons (Fsp3) is 0.800. The van der Waals surface area contributed by atoms with Crippen molar-refractivity contribution in [2.75, 3.05) is 7.05 Å². The summed E-state index contributed by atoms with van der Waals surface area (Å²) in [4.78, 5) is 24.1. The average Bonchev–Trinajstić information content (AvgIpc) is 2.33. The molecule has 1 rings (SSSR count). The van der Waals surface area contributed by atoms with Gasteiger partial charge in [-0.1, -0.05) is 26.7 Å². The Morgan fingerprint density at radius 1 is 1.21 bits per heavy atom. The molecule has 0 spiro atoms. The molecule has 1 aliphatic rings. The molecule has 4 heteroatoms. The summed E-state index contributed by atoms with van der Waals surface area (Å²) in [5, 5.41) is 0. The van der Waals surface area contributed by atoms with Crippen LogP contribution >= 0.6 is 0 Å². The van der Waals surface area contributed by atoms with Gasteiger partial charge in [0.15, 0.2) is 5.60 Å². The van der Waals surface area contributed by atoms with Crippen molar-refractivity contribution in [3.63, 3.8) is 0 Å². The number of cyclic esters (lactones) is 1. The first-order chi connectivity index (χ1) is 6.57. The molecule has 0 atom stereocenters. The fourth-order valence-electron chi connectivity index (χ4n) is 1.92. The van der Waals surface area contributed by atoms with E-state index < -0.39 is 11.7 Å². The first-order valence-electron chi connectivity index (χ1n) is 5.08. The summed E-state index contributed by atoms with van der Waals surface area (Å²) in [6.45, 7) is 3.97. The second kappa shape index (κ2) is 3.98. The molecular formula is C10H17NO3. The van der Waals surface area contributed by atoms with Crippen LogP contribution in [0.2, 0.25) is 0 Å². The van der Waals surface area contributed by atoms with E-state index in [0.717, 1.165) is 17.7 Å². The highest BCUT2D eigenvalue weighted by molar-refractivity contribution is 6.02. The molecule has 0 aliphatic carbocycles. The molecule has 2 amide bonds. The summed E-state index contributed by atoms with van der Waals surface area (Å²) < 4.78 is 5.19. The van der Waals surface area contributed by atoms with Crippen molar-refractivity contribution in [1.29, 1.82) is 0 Å². The van der Waals surface area contributed by atoms with Crippen LogP contribution in [0.5, 0.6) is 0 Å². The summed E-state index contributed by atoms with van der Waals surface area (Å²) in [7, 11) is 1.47. The molecule has 0 aromatic carbocycles. The quantitative estimate of drug-likeness (QED) is 0.695. The van der Waals surface area contributed by atoms with Gasteiger partial charge in [0.1, 0.15) is 0 Å². The predicted molar refractivity (Wildman–Crippen MR) is 51.8 cm³/mol. The van der Waals surface area contributed by atoms with Crippen LogP contribution in [0.4, 0.5) is 4.79 Å². The standard InChI is InChI=1S/C10H17NO3/c1-4-6-10(7-5-2)8(12)11(3)9(13)14-10/h4-7H2,1-3H3. The smallest absolute Gasteiger partial charge is 0.417 e. The Hall–Kier alpha value is -1.06. The first kappa shape index (κ1) is 11.0. The van der Waals surface area contributed by atoms with Crippen molar-refractivity contribution in [1.82, 2.24) is 4.90 Å². The molecule has 0 radical (unpaired) electrons. The van der Waals surface area contributed by atoms with Crippen molar-refractivity contribution in [2.24, 2.45) is 0 Å². The molecule has 0 unspecified atom stereocenters. The van der Waals surface area contributed by atoms with Gasteiger partial charge in [-0.15, -0.1) is 0 Å². The number of hydrogen-bond donors (Lipinski definition) is 0. The van der Waals surface area contributed by atoms with E-state index in [1.165, 1.54) is 7.05 Å². The molecule has 0 bridgehead atoms. The first-order valence-corrected chi connectivity index (χ1v) is 5.08. The predicted octanol–water partition coefficient (Wildman–Crippen LogP) is 1.93. The van der Waals surface area contributed by atoms with E-state index in [0.29, 0.717) is 12.8 Å². The van der Waals surface area contributed by atoms with Crippen molar-refractivity contribution >= 4 is 12.0 Å². The Labute approximate surface area is 84.2 Å². The lowest BCUT2D eigenvalue weighted by atomic mass is 9.92. The second-order valence-corrected chi connectivity index (χ2v) is 3.73. The van der Waals surface area contributed by atoms with Crippen LogP contribution in [-0.2, 0) is 9.53 Å². The Bertz CT molecular complexity index is 244. The normalized spacial score (nSPS) is 20.1. The van der Waals surface area contributed by atoms with Crippen molar-refractivity contribution in [3.05, 3.63) is 0 Å². The Kier molecular flexibility index (Phi) is 3.13. The van der Waals surface area contributed by atoms with Gasteiger partial charge in [0.05, 0.1) is 0 Å². The summed E-state index contributed by atoms with van der Waals surface area (Å²) >= 11 is 0. The van der Waals surface area contributed by atoms with E-state index in [1.807, 2.05) is 13.8 Å². The van der Waals surface area contributed by atoms with Gasteiger partial charge in [-0.3, -0.25) is 4.79 Å². The zero-order valence-electron chi connectivity index (χ0n) is 9.00. The average molecular weight is 199 g/mol. The van der Waals surface area contributed by atoms with E-state index in [1.54, 1.807) is 0 Å². The summed E-state index contributed by atoms with van der Waals surface area (Å²) in [6, 6.07) is 0. The van der Waals surface area contributed by atoms with Gasteiger partial charge in [-0.05, 0) is 12.8 Å². The van der Waals surface area contributed by atoms with Crippen LogP contribution in [-0.4, -0.2) is 29.5 Å². The number of imide groups is 1. The molecule has 0 saturated carbocycles. The van der Waals surface area contributed by atoms with E-state index in [9.17, 15) is 9.59 Å². The maximum Gasteiger partial charge on any atom is 0.417 e. The van der Waals surface area contributed by atoms with Crippen LogP contribution in [0.25, 0.3) is 0 Å². The van der Waals surface area contributed by atoms with Crippen molar-refractivity contribution < 1.29 is 14.3 Å². The lowest BCUT2D eigenvalue weighted by Gasteiger charge is -2.23. The van der Waals surface area contributed by atoms with Gasteiger partial charge in [0.2, 0.25) is 0 Å². The summed E-state index contributed by atoms with van der Waals surface area (Å²) in [5.74, 6) is -0.189. The molecule has 1 heterocycles. The minimum Gasteiger partial charge on any atom is -0.432 e. The van der Waals surface area contributed by atoms with E-state index in [-0.39, 0.29) is 5.91 Å². The molecule has 1 aliphatic heterocycles. The molecular weight excluding hydrogens is 182 g/mol. The lowest BCUT2D eigenvalue weighted by Crippen LogP contribution is -2.39. The minimum absolute atomic E-state index is 0.189. The van der Waals surface area contributed by atoms with Crippen LogP contribution in [0.1, 0.15) is 39.5 Å². The zero-order valence-corrected chi connectivity index (χ0v) is 9.00. The van der Waals surface area contributed by atoms with Crippen molar-refractivity contribution in [2.45, 2.75) is 45.1 Å². The molecule has 1 fully saturated rings. The van der Waals surface area contributed by atoms with Gasteiger partial charge in [0.25, 0.3) is 5.91 Å². The maximum atomic E-state index is 11.8. The maximum absolute atomic E-state index is 11.8. The second-order valence-electron chi connectivity index (χ2n) is 3.73. The lowest BCUT2D eigenvalue weighted by molar-refractivity contribution is -0.137. The number of ether oxygens (including phenoxy) is 1. The third-order valence-corrected chi connectivity index (χ3v) is 2.56. The third-order valence-electron chi connectivity index (χ3n) is 2.56. The molecule has 14 heavy (non-hydrogen) atoms. The van der Waals surface area contributed by atoms with Crippen LogP contribution in [0.3, 0.4) is 0 Å². The summed E-state index contributed by atoms with van der Waals surface area (Å²) in [5.41, 5.74) is -0.866. The minimum atomic E-state index is -0.866. The number of carbonyl (C=O) groups is 2. The molecule has 0 aromatic rings. The highest BCUT2D eigenvalue weighted by atomic mass is 16.6. The summed E-state index contributed by atoms with van der Waals surface area (Å²) in [6.07, 6.45) is 2.41. The van der Waals surface area contributed by atoms with Gasteiger partial charge in [-0.25, -0.2) is 9.69 Å². The number of carbonyl (C=O) groups excluding carboxylic acids is 2. The molecule has 0 N–H and O–H groups in total. The van der Waals surface area contributed by atoms with E-state index in [4.69, 9.17) is 4.74 Å². The third kappa shape index (κ3) is 1.61. The fourth-order valence-corrected chi connectivity index (χ4v) is 1.92.